The summed E-state index contributed by atoms with van der Waals surface area (Å²) < 4.78 is 10.1. The molecule has 0 atom stereocenters. The predicted molar refractivity (Wildman–Crippen MR) is 214 cm³/mol. The summed E-state index contributed by atoms with van der Waals surface area (Å²) in [6, 6.07) is 0. The van der Waals surface area contributed by atoms with E-state index in [4.69, 9.17) is 24.5 Å². The fourth-order valence-electron chi connectivity index (χ4n) is 3.33. The Bertz CT molecular complexity index is 1340. The summed E-state index contributed by atoms with van der Waals surface area (Å²) in [4.78, 5) is 18.8. The number of carbonyl (C=O) groups excluding carboxylic acids is 2. The van der Waals surface area contributed by atoms with E-state index in [0.717, 1.165) is 46.3 Å². The molecule has 0 aromatic heterocycles. The zero-order valence-corrected chi connectivity index (χ0v) is 30.9. The summed E-state index contributed by atoms with van der Waals surface area (Å²) in [6.45, 7) is 31.3. The number of unbranched alkanes of at least 4 members (excludes halogenated alkanes) is 4. The Balaban J connectivity index is -0.00000158. The highest BCUT2D eigenvalue weighted by molar-refractivity contribution is 5.49. The molecule has 0 aromatic rings. The van der Waals surface area contributed by atoms with Gasteiger partial charge < -0.3 is 24.5 Å². The van der Waals surface area contributed by atoms with Crippen LogP contribution in [0.4, 0.5) is 0 Å². The van der Waals surface area contributed by atoms with Crippen molar-refractivity contribution in [2.24, 2.45) is 0 Å². The second-order valence-corrected chi connectivity index (χ2v) is 10.9. The Morgan fingerprint density at radius 2 is 1.26 bits per heavy atom. The van der Waals surface area contributed by atoms with Crippen LogP contribution < -0.4 is 0 Å². The van der Waals surface area contributed by atoms with Gasteiger partial charge in [0.15, 0.2) is 0 Å². The molecule has 0 amide bonds. The summed E-state index contributed by atoms with van der Waals surface area (Å²) in [5, 5.41) is 16.1. The van der Waals surface area contributed by atoms with Crippen LogP contribution in [0.3, 0.4) is 0 Å². The van der Waals surface area contributed by atoms with Crippen LogP contribution >= 0.6 is 0 Å². The van der Waals surface area contributed by atoms with Gasteiger partial charge in [-0.25, -0.2) is 0 Å². The molecule has 0 spiro atoms. The maximum Gasteiger partial charge on any atom is 0.298 e. The van der Waals surface area contributed by atoms with Gasteiger partial charge in [0.2, 0.25) is 0 Å². The molecule has 1 aliphatic carbocycles. The molecule has 50 heavy (non-hydrogen) atoms. The minimum Gasteiger partial charge on any atom is -0.497 e. The summed E-state index contributed by atoms with van der Waals surface area (Å²) in [6.07, 6.45) is 35.7. The van der Waals surface area contributed by atoms with Gasteiger partial charge in [0.05, 0.1) is 20.3 Å². The van der Waals surface area contributed by atoms with E-state index in [9.17, 15) is 4.79 Å². The third kappa shape index (κ3) is 31.6. The monoisotopic (exact) mass is 684 g/mol. The van der Waals surface area contributed by atoms with Crippen molar-refractivity contribution in [2.45, 2.75) is 59.3 Å². The molecule has 6 nitrogen and oxygen atoms in total. The molecule has 0 bridgehead atoms. The van der Waals surface area contributed by atoms with E-state index in [1.54, 1.807) is 39.2 Å². The second-order valence-electron chi connectivity index (χ2n) is 10.9. The smallest absolute Gasteiger partial charge is 0.298 e. The first-order chi connectivity index (χ1) is 23.9. The van der Waals surface area contributed by atoms with E-state index in [0.29, 0.717) is 18.0 Å². The Morgan fingerprint density at radius 3 is 1.78 bits per heavy atom. The Hall–Kier alpha value is -5.04. The minimum atomic E-state index is 0.111. The summed E-state index contributed by atoms with van der Waals surface area (Å²) in [5.41, 5.74) is 6.29. The molecule has 272 valence electrons. The quantitative estimate of drug-likeness (QED) is 0.0491. The Kier molecular flexibility index (Phi) is 34.8. The van der Waals surface area contributed by atoms with Crippen LogP contribution in [0.5, 0.6) is 0 Å². The third-order valence-corrected chi connectivity index (χ3v) is 6.19. The number of carbonyl (C=O) groups is 2. The molecule has 0 radical (unpaired) electrons. The second kappa shape index (κ2) is 35.3. The van der Waals surface area contributed by atoms with Crippen molar-refractivity contribution < 1.29 is 29.3 Å². The Morgan fingerprint density at radius 1 is 0.720 bits per heavy atom. The predicted octanol–water partition coefficient (Wildman–Crippen LogP) is 10.4. The number of ether oxygens (including phenoxy) is 2. The van der Waals surface area contributed by atoms with Crippen LogP contribution in [-0.4, -0.2) is 43.8 Å². The molecule has 0 heterocycles. The molecule has 2 N–H and O–H groups in total. The number of aliphatic hydroxyl groups is 2. The van der Waals surface area contributed by atoms with E-state index in [2.05, 4.69) is 64.6 Å². The maximum atomic E-state index is 10.8. The van der Waals surface area contributed by atoms with Crippen LogP contribution in [0.1, 0.15) is 59.3 Å². The number of hydrogen-bond donors (Lipinski definition) is 2. The maximum absolute atomic E-state index is 10.8. The number of rotatable bonds is 18. The number of allylic oxidation sites excluding steroid dienone is 20. The van der Waals surface area contributed by atoms with Gasteiger partial charge >= 0.3 is 0 Å². The molecule has 0 fully saturated rings. The van der Waals surface area contributed by atoms with Crippen molar-refractivity contribution in [1.82, 2.24) is 0 Å². The summed E-state index contributed by atoms with van der Waals surface area (Å²) >= 11 is 0. The van der Waals surface area contributed by atoms with Gasteiger partial charge in [-0.3, -0.25) is 4.79 Å². The van der Waals surface area contributed by atoms with Crippen molar-refractivity contribution in [3.05, 3.63) is 181 Å². The van der Waals surface area contributed by atoms with Crippen molar-refractivity contribution >= 4 is 13.3 Å². The van der Waals surface area contributed by atoms with Gasteiger partial charge in [-0.05, 0) is 72.8 Å². The van der Waals surface area contributed by atoms with Gasteiger partial charge in [0.1, 0.15) is 18.3 Å². The fraction of sp³-hybridized carbons (Fsp3) is 0.273. The first-order valence-corrected chi connectivity index (χ1v) is 16.3. The highest BCUT2D eigenvalue weighted by atomic mass is 16.5. The van der Waals surface area contributed by atoms with Gasteiger partial charge in [-0.1, -0.05) is 156 Å². The molecule has 0 saturated carbocycles. The molecule has 0 aromatic carbocycles. The highest BCUT2D eigenvalue weighted by Gasteiger charge is 2.01. The molecule has 1 rings (SSSR count). The van der Waals surface area contributed by atoms with Crippen LogP contribution in [0, 0.1) is 0 Å². The van der Waals surface area contributed by atoms with E-state index in [1.807, 2.05) is 61.5 Å². The van der Waals surface area contributed by atoms with Crippen LogP contribution in [0.15, 0.2) is 181 Å². The standard InChI is InChI=1S/C35H42O3.2C4H8O.CH2O/c1-7-8-9-10-13-17-33-19-16-21-35(38-28-36)20-15-12-11-14-18-34(33)27-23-29(2)22-24-30(3)31(4)25-26-32(5)37-6;2*1-4(2)3-5;1-2/h11-12,14-16,18-28H,2-5,7-10,13,17H2,1,6H3;2*5H,1,3H2,2H3;1H2/b12-11+,14-11?,15-12?,18-14-,19-16+,20-15-,21-16?,24-22-,26-25-,27-23+,33-19?,34-18?,34-33+,35-20?,35-21+;;;. The molecular weight excluding hydrogens is 624 g/mol. The van der Waals surface area contributed by atoms with Crippen molar-refractivity contribution in [3.8, 4) is 0 Å². The number of aliphatic hydroxyl groups excluding tert-OH is 2. The lowest BCUT2D eigenvalue weighted by Crippen LogP contribution is -1.89. The van der Waals surface area contributed by atoms with Crippen molar-refractivity contribution in [2.75, 3.05) is 20.3 Å². The SMILES string of the molecule is C=C(/C=C\C(=C)C(=C)/C=C\C(=C)OC)/C=C/C1=C(CCCCCCC)/C=C/C=C(OC=O)\C=C/C=C/C=C\1.C=C(C)CO.C=C(C)CO.C=O. The average molecular weight is 685 g/mol. The molecular formula is C44H60O6. The fourth-order valence-corrected chi connectivity index (χ4v) is 3.33. The average Bonchev–Trinajstić information content (AvgIpc) is 3.11. The normalized spacial score (nSPS) is 17.3. The zero-order valence-electron chi connectivity index (χ0n) is 30.9. The lowest BCUT2D eigenvalue weighted by atomic mass is 9.98. The number of hydrogen-bond acceptors (Lipinski definition) is 6. The number of methoxy groups -OCH3 is 1. The largest absolute Gasteiger partial charge is 0.497 e. The van der Waals surface area contributed by atoms with Gasteiger partial charge in [0.25, 0.3) is 6.47 Å². The van der Waals surface area contributed by atoms with Gasteiger partial charge in [-0.2, -0.15) is 0 Å². The Labute approximate surface area is 302 Å². The molecule has 6 heteroatoms. The molecule has 0 unspecified atom stereocenters. The third-order valence-electron chi connectivity index (χ3n) is 6.19. The molecule has 0 saturated heterocycles. The highest BCUT2D eigenvalue weighted by Crippen LogP contribution is 2.20. The molecule has 1 aliphatic rings. The lowest BCUT2D eigenvalue weighted by Gasteiger charge is -2.08. The van der Waals surface area contributed by atoms with Crippen molar-refractivity contribution in [3.63, 3.8) is 0 Å². The van der Waals surface area contributed by atoms with Gasteiger partial charge in [-0.15, -0.1) is 0 Å². The van der Waals surface area contributed by atoms with Gasteiger partial charge in [0, 0.05) is 0 Å². The van der Waals surface area contributed by atoms with E-state index in [1.165, 1.54) is 31.3 Å². The molecule has 0 aliphatic heterocycles. The van der Waals surface area contributed by atoms with E-state index in [-0.39, 0.29) is 13.2 Å². The van der Waals surface area contributed by atoms with Crippen LogP contribution in [0.25, 0.3) is 0 Å². The lowest BCUT2D eigenvalue weighted by molar-refractivity contribution is -0.124. The zero-order chi connectivity index (χ0) is 38.6. The van der Waals surface area contributed by atoms with Crippen molar-refractivity contribution in [1.29, 1.82) is 0 Å². The summed E-state index contributed by atoms with van der Waals surface area (Å²) in [5.74, 6) is 1.03. The first-order valence-electron chi connectivity index (χ1n) is 16.3. The van der Waals surface area contributed by atoms with Crippen LogP contribution in [-0.2, 0) is 19.1 Å². The minimum absolute atomic E-state index is 0.111. The topological polar surface area (TPSA) is 93.1 Å². The van der Waals surface area contributed by atoms with E-state index < -0.39 is 0 Å². The van der Waals surface area contributed by atoms with Crippen LogP contribution in [0.2, 0.25) is 0 Å². The van der Waals surface area contributed by atoms with E-state index >= 15 is 0 Å². The first kappa shape index (κ1) is 49.3. The summed E-state index contributed by atoms with van der Waals surface area (Å²) in [7, 11) is 1.57.